The first kappa shape index (κ1) is 11.1. The van der Waals surface area contributed by atoms with Gasteiger partial charge in [0, 0.05) is 0 Å². The van der Waals surface area contributed by atoms with Crippen LogP contribution >= 0.6 is 0 Å². The van der Waals surface area contributed by atoms with Gasteiger partial charge in [-0.3, -0.25) is 12.2 Å². The molecule has 2 rings (SSSR count). The molecule has 0 spiro atoms. The number of hydrogen-bond donors (Lipinski definition) is 0. The van der Waals surface area contributed by atoms with Gasteiger partial charge in [0.2, 0.25) is 0 Å². The minimum absolute atomic E-state index is 0. The molecule has 0 saturated carbocycles. The standard InChI is InChI=1S/2C5H7.Ru/c2*1-2-4-5-3-1;/h2*1H,2,4-5H2;/q2*-1;+2. The van der Waals surface area contributed by atoms with Gasteiger partial charge < -0.3 is 12.2 Å². The van der Waals surface area contributed by atoms with E-state index in [2.05, 4.69) is 24.3 Å². The summed E-state index contributed by atoms with van der Waals surface area (Å²) in [4.78, 5) is 0. The number of hydrogen-bond acceptors (Lipinski definition) is 0. The molecule has 0 aromatic heterocycles. The van der Waals surface area contributed by atoms with E-state index in [1.54, 1.807) is 0 Å². The summed E-state index contributed by atoms with van der Waals surface area (Å²) in [5.41, 5.74) is 0. The van der Waals surface area contributed by atoms with Gasteiger partial charge in [-0.05, 0) is 0 Å². The van der Waals surface area contributed by atoms with Crippen LogP contribution in [0.25, 0.3) is 0 Å². The smallest absolute Gasteiger partial charge is 0.501 e. The average molecular weight is 235 g/mol. The molecule has 0 aromatic rings. The van der Waals surface area contributed by atoms with Gasteiger partial charge in [-0.2, -0.15) is 12.8 Å². The molecule has 0 bridgehead atoms. The number of allylic oxidation sites excluding steroid dienone is 4. The molecule has 0 heterocycles. The summed E-state index contributed by atoms with van der Waals surface area (Å²) in [6.45, 7) is 0. The first-order valence-electron chi connectivity index (χ1n) is 4.10. The van der Waals surface area contributed by atoms with Gasteiger partial charge in [-0.15, -0.1) is 0 Å². The first-order chi connectivity index (χ1) is 5.00. The summed E-state index contributed by atoms with van der Waals surface area (Å²) >= 11 is 0. The summed E-state index contributed by atoms with van der Waals surface area (Å²) < 4.78 is 0. The van der Waals surface area contributed by atoms with Crippen LogP contribution in [0, 0.1) is 12.2 Å². The number of rotatable bonds is 0. The van der Waals surface area contributed by atoms with E-state index in [4.69, 9.17) is 0 Å². The van der Waals surface area contributed by atoms with E-state index in [1.807, 2.05) is 0 Å². The maximum atomic E-state index is 3.10. The quantitative estimate of drug-likeness (QED) is 0.447. The average Bonchev–Trinajstić information content (AvgIpc) is 2.67. The normalized spacial score (nSPS) is 18.9. The summed E-state index contributed by atoms with van der Waals surface area (Å²) in [5.74, 6) is 0. The molecular weight excluding hydrogens is 221 g/mol. The molecule has 2 aliphatic rings. The van der Waals surface area contributed by atoms with Crippen molar-refractivity contribution in [3.63, 3.8) is 0 Å². The molecule has 0 atom stereocenters. The molecule has 0 N–H and O–H groups in total. The van der Waals surface area contributed by atoms with E-state index in [-0.39, 0.29) is 19.5 Å². The van der Waals surface area contributed by atoms with E-state index < -0.39 is 0 Å². The first-order valence-corrected chi connectivity index (χ1v) is 4.10. The van der Waals surface area contributed by atoms with Gasteiger partial charge >= 0.3 is 19.5 Å². The maximum Gasteiger partial charge on any atom is 2.00 e. The van der Waals surface area contributed by atoms with Crippen LogP contribution in [-0.2, 0) is 19.5 Å². The molecule has 0 fully saturated rings. The van der Waals surface area contributed by atoms with Gasteiger partial charge in [0.05, 0.1) is 0 Å². The van der Waals surface area contributed by atoms with Crippen molar-refractivity contribution in [3.05, 3.63) is 24.3 Å². The molecule has 0 nitrogen and oxygen atoms in total. The molecule has 62 valence electrons. The third-order valence-electron chi connectivity index (χ3n) is 1.63. The van der Waals surface area contributed by atoms with Gasteiger partial charge in [-0.1, -0.05) is 25.7 Å². The van der Waals surface area contributed by atoms with Crippen LogP contribution in [0.3, 0.4) is 0 Å². The summed E-state index contributed by atoms with van der Waals surface area (Å²) in [7, 11) is 0. The molecule has 1 heteroatoms. The van der Waals surface area contributed by atoms with Gasteiger partial charge in [0.1, 0.15) is 0 Å². The van der Waals surface area contributed by atoms with Crippen molar-refractivity contribution >= 4 is 0 Å². The molecule has 0 amide bonds. The van der Waals surface area contributed by atoms with Gasteiger partial charge in [-0.25, -0.2) is 0 Å². The molecule has 0 aromatic carbocycles. The zero-order valence-corrected chi connectivity index (χ0v) is 8.49. The van der Waals surface area contributed by atoms with E-state index in [9.17, 15) is 0 Å². The third-order valence-corrected chi connectivity index (χ3v) is 1.63. The zero-order valence-electron chi connectivity index (χ0n) is 6.75. The fourth-order valence-electron chi connectivity index (χ4n) is 1.02. The second-order valence-electron chi connectivity index (χ2n) is 2.60. The minimum Gasteiger partial charge on any atom is -0.501 e. The van der Waals surface area contributed by atoms with Crippen molar-refractivity contribution in [2.45, 2.75) is 38.5 Å². The Morgan fingerprint density at radius 1 is 0.818 bits per heavy atom. The zero-order chi connectivity index (χ0) is 7.07. The van der Waals surface area contributed by atoms with Crippen LogP contribution in [0.5, 0.6) is 0 Å². The Kier molecular flexibility index (Phi) is 8.28. The Labute approximate surface area is 82.5 Å². The maximum absolute atomic E-state index is 3.10. The van der Waals surface area contributed by atoms with Crippen LogP contribution in [0.4, 0.5) is 0 Å². The summed E-state index contributed by atoms with van der Waals surface area (Å²) in [6.07, 6.45) is 18.0. The topological polar surface area (TPSA) is 0 Å². The van der Waals surface area contributed by atoms with Crippen molar-refractivity contribution in [2.75, 3.05) is 0 Å². The van der Waals surface area contributed by atoms with Crippen LogP contribution in [0.2, 0.25) is 0 Å². The minimum atomic E-state index is 0. The van der Waals surface area contributed by atoms with E-state index in [1.165, 1.54) is 38.5 Å². The molecule has 0 saturated heterocycles. The van der Waals surface area contributed by atoms with Crippen molar-refractivity contribution in [1.82, 2.24) is 0 Å². The Morgan fingerprint density at radius 2 is 1.27 bits per heavy atom. The van der Waals surface area contributed by atoms with Gasteiger partial charge in [0.25, 0.3) is 0 Å². The fraction of sp³-hybridized carbons (Fsp3) is 0.600. The molecule has 2 aliphatic carbocycles. The van der Waals surface area contributed by atoms with Crippen molar-refractivity contribution in [1.29, 1.82) is 0 Å². The predicted octanol–water partition coefficient (Wildman–Crippen LogP) is 3.06. The van der Waals surface area contributed by atoms with Crippen molar-refractivity contribution in [3.8, 4) is 0 Å². The van der Waals surface area contributed by atoms with Crippen molar-refractivity contribution in [2.24, 2.45) is 0 Å². The Balaban J connectivity index is 0.000000167. The fourth-order valence-corrected chi connectivity index (χ4v) is 1.02. The van der Waals surface area contributed by atoms with Crippen LogP contribution in [0.15, 0.2) is 12.2 Å². The van der Waals surface area contributed by atoms with Crippen LogP contribution in [-0.4, -0.2) is 0 Å². The molecule has 11 heavy (non-hydrogen) atoms. The van der Waals surface area contributed by atoms with E-state index in [0.29, 0.717) is 0 Å². The molecular formula is C10H14Ru. The monoisotopic (exact) mass is 236 g/mol. The Morgan fingerprint density at radius 3 is 1.36 bits per heavy atom. The predicted molar refractivity (Wildman–Crippen MR) is 43.3 cm³/mol. The summed E-state index contributed by atoms with van der Waals surface area (Å²) in [6, 6.07) is 0. The Bertz CT molecular complexity index is 96.8. The molecule has 0 aliphatic heterocycles. The SMILES string of the molecule is [C-]1=CCCC1.[C-]1=CCCC1.[Ru+2]. The molecule has 0 unspecified atom stereocenters. The third kappa shape index (κ3) is 6.50. The van der Waals surface area contributed by atoms with E-state index >= 15 is 0 Å². The van der Waals surface area contributed by atoms with Crippen molar-refractivity contribution < 1.29 is 19.5 Å². The second kappa shape index (κ2) is 8.20. The second-order valence-corrected chi connectivity index (χ2v) is 2.60. The molecule has 0 radical (unpaired) electrons. The Hall–Kier alpha value is 0.103. The largest absolute Gasteiger partial charge is 2.00 e. The van der Waals surface area contributed by atoms with Gasteiger partial charge in [0.15, 0.2) is 0 Å². The van der Waals surface area contributed by atoms with Crippen LogP contribution < -0.4 is 0 Å². The van der Waals surface area contributed by atoms with E-state index in [0.717, 1.165) is 0 Å². The van der Waals surface area contributed by atoms with Crippen LogP contribution in [0.1, 0.15) is 38.5 Å². The summed E-state index contributed by atoms with van der Waals surface area (Å²) in [5, 5.41) is 0.